The smallest absolute Gasteiger partial charge is 0.326 e. The van der Waals surface area contributed by atoms with Gasteiger partial charge in [-0.1, -0.05) is 32.1 Å². The molecule has 1 fully saturated rings. The van der Waals surface area contributed by atoms with Crippen LogP contribution in [0.2, 0.25) is 0 Å². The van der Waals surface area contributed by atoms with Crippen LogP contribution < -0.4 is 0 Å². The second-order valence-corrected chi connectivity index (χ2v) is 6.59. The first-order valence-corrected chi connectivity index (χ1v) is 9.44. The molecule has 2 aliphatic rings. The fraction of sp³-hybridized carbons (Fsp3) is 0.571. The quantitative estimate of drug-likeness (QED) is 0.545. The van der Waals surface area contributed by atoms with Gasteiger partial charge in [-0.05, 0) is 37.8 Å². The average molecular weight is 377 g/mol. The zero-order valence-electron chi connectivity index (χ0n) is 16.6. The highest BCUT2D eigenvalue weighted by atomic mass is 16.5. The number of hydrogen-bond acceptors (Lipinski definition) is 5. The summed E-state index contributed by atoms with van der Waals surface area (Å²) in [4.78, 5) is 38.5. The van der Waals surface area contributed by atoms with E-state index >= 15 is 0 Å². The zero-order chi connectivity index (χ0) is 20.4. The molecule has 27 heavy (non-hydrogen) atoms. The van der Waals surface area contributed by atoms with E-state index < -0.39 is 11.4 Å². The van der Waals surface area contributed by atoms with Crippen molar-refractivity contribution in [3.63, 3.8) is 0 Å². The fourth-order valence-corrected chi connectivity index (χ4v) is 3.61. The van der Waals surface area contributed by atoms with Gasteiger partial charge < -0.3 is 14.7 Å². The molecule has 0 aromatic carbocycles. The third-order valence-electron chi connectivity index (χ3n) is 4.97. The molecule has 0 aromatic heterocycles. The molecule has 0 aromatic rings. The molecule has 0 saturated heterocycles. The number of carbonyl (C=O) groups excluding carboxylic acids is 3. The van der Waals surface area contributed by atoms with E-state index in [-0.39, 0.29) is 18.2 Å². The highest BCUT2D eigenvalue weighted by Crippen LogP contribution is 2.50. The zero-order valence-corrected chi connectivity index (χ0v) is 16.6. The first-order valence-electron chi connectivity index (χ1n) is 9.44. The average Bonchev–Trinajstić information content (AvgIpc) is 2.88. The number of rotatable bonds is 7. The number of hydrogen-bond donors (Lipinski definition) is 1. The van der Waals surface area contributed by atoms with Gasteiger partial charge in [0, 0.05) is 25.6 Å². The monoisotopic (exact) mass is 377 g/mol. The Labute approximate surface area is 161 Å². The number of aliphatic hydroxyl groups is 1. The van der Waals surface area contributed by atoms with Gasteiger partial charge in [-0.15, -0.1) is 0 Å². The maximum Gasteiger partial charge on any atom is 0.326 e. The summed E-state index contributed by atoms with van der Waals surface area (Å²) in [5, 5.41) is 7.00. The molecule has 6 heteroatoms. The summed E-state index contributed by atoms with van der Waals surface area (Å²) in [6.07, 6.45) is 8.93. The van der Waals surface area contributed by atoms with E-state index in [2.05, 4.69) is 6.58 Å². The summed E-state index contributed by atoms with van der Waals surface area (Å²) in [7, 11) is 1.00. The number of Topliss-reactive ketones (excluding diaryl/α,β-unsaturated/α-hetero) is 1. The molecule has 6 nitrogen and oxygen atoms in total. The van der Waals surface area contributed by atoms with E-state index in [0.29, 0.717) is 38.0 Å². The number of nitrogens with zero attached hydrogens (tertiary/aromatic N) is 1. The van der Waals surface area contributed by atoms with Gasteiger partial charge in [0.25, 0.3) is 0 Å². The molecule has 1 spiro atoms. The number of carbonyl (C=O) groups is 3. The molecule has 1 amide bonds. The topological polar surface area (TPSA) is 83.9 Å². The third kappa shape index (κ3) is 4.95. The maximum atomic E-state index is 13.2. The van der Waals surface area contributed by atoms with Crippen LogP contribution in [0, 0.1) is 5.41 Å². The van der Waals surface area contributed by atoms with Crippen molar-refractivity contribution in [3.8, 4) is 0 Å². The third-order valence-corrected chi connectivity index (χ3v) is 4.97. The Bertz CT molecular complexity index is 622. The van der Waals surface area contributed by atoms with Crippen molar-refractivity contribution in [1.29, 1.82) is 0 Å². The summed E-state index contributed by atoms with van der Waals surface area (Å²) in [5.74, 6) is -0.337. The van der Waals surface area contributed by atoms with Crippen LogP contribution in [-0.4, -0.2) is 47.9 Å². The second-order valence-electron chi connectivity index (χ2n) is 6.59. The van der Waals surface area contributed by atoms with Gasteiger partial charge in [-0.25, -0.2) is 0 Å². The van der Waals surface area contributed by atoms with E-state index in [1.54, 1.807) is 6.08 Å². The first-order chi connectivity index (χ1) is 13.0. The van der Waals surface area contributed by atoms with E-state index in [1.807, 2.05) is 26.0 Å². The Hall–Kier alpha value is -2.21. The van der Waals surface area contributed by atoms with Crippen LogP contribution in [0.1, 0.15) is 52.4 Å². The molecule has 0 radical (unpaired) electrons. The molecule has 1 saturated carbocycles. The molecule has 0 bridgehead atoms. The number of esters is 1. The van der Waals surface area contributed by atoms with Gasteiger partial charge in [0.15, 0.2) is 0 Å². The number of aliphatic hydroxyl groups excluding tert-OH is 1. The van der Waals surface area contributed by atoms with Crippen molar-refractivity contribution in [2.45, 2.75) is 52.4 Å². The minimum atomic E-state index is -0.715. The maximum absolute atomic E-state index is 13.2. The van der Waals surface area contributed by atoms with Crippen LogP contribution in [0.3, 0.4) is 0 Å². The minimum Gasteiger partial charge on any atom is -0.464 e. The normalized spacial score (nSPS) is 18.7. The minimum absolute atomic E-state index is 0.110. The molecular formula is C21H31NO5. The lowest BCUT2D eigenvalue weighted by atomic mass is 9.69. The Kier molecular flexibility index (Phi) is 9.15. The molecular weight excluding hydrogens is 346 g/mol. The van der Waals surface area contributed by atoms with Gasteiger partial charge in [0.05, 0.1) is 12.0 Å². The SMILES string of the molecule is C=CC1=C(/C=C\C)C2(CCC(=O)CC2)C(=O)N1CC(=O)OCCCC.CO. The molecule has 2 rings (SSSR count). The van der Waals surface area contributed by atoms with Crippen molar-refractivity contribution in [2.24, 2.45) is 5.41 Å². The predicted octanol–water partition coefficient (Wildman–Crippen LogP) is 2.93. The highest BCUT2D eigenvalue weighted by Gasteiger charge is 2.52. The molecule has 1 aliphatic carbocycles. The van der Waals surface area contributed by atoms with Crippen molar-refractivity contribution in [2.75, 3.05) is 20.3 Å². The van der Waals surface area contributed by atoms with Crippen LogP contribution >= 0.6 is 0 Å². The predicted molar refractivity (Wildman–Crippen MR) is 104 cm³/mol. The number of amides is 1. The molecule has 1 aliphatic heterocycles. The Balaban J connectivity index is 0.00000176. The number of allylic oxidation sites excluding steroid dienone is 3. The summed E-state index contributed by atoms with van der Waals surface area (Å²) in [6, 6.07) is 0. The van der Waals surface area contributed by atoms with E-state index in [0.717, 1.165) is 25.5 Å². The van der Waals surface area contributed by atoms with Gasteiger partial charge >= 0.3 is 5.97 Å². The largest absolute Gasteiger partial charge is 0.464 e. The van der Waals surface area contributed by atoms with Gasteiger partial charge in [-0.2, -0.15) is 0 Å². The lowest BCUT2D eigenvalue weighted by Crippen LogP contribution is -2.42. The number of ketones is 1. The summed E-state index contributed by atoms with van der Waals surface area (Å²) >= 11 is 0. The lowest BCUT2D eigenvalue weighted by Gasteiger charge is -2.33. The van der Waals surface area contributed by atoms with E-state index in [4.69, 9.17) is 9.84 Å². The highest BCUT2D eigenvalue weighted by molar-refractivity contribution is 5.97. The fourth-order valence-electron chi connectivity index (χ4n) is 3.61. The molecule has 0 unspecified atom stereocenters. The molecule has 1 N–H and O–H groups in total. The van der Waals surface area contributed by atoms with Crippen molar-refractivity contribution >= 4 is 17.7 Å². The van der Waals surface area contributed by atoms with Crippen LogP contribution in [0.15, 0.2) is 36.1 Å². The van der Waals surface area contributed by atoms with Crippen LogP contribution in [0.4, 0.5) is 0 Å². The van der Waals surface area contributed by atoms with E-state index in [9.17, 15) is 14.4 Å². The van der Waals surface area contributed by atoms with E-state index in [1.165, 1.54) is 4.90 Å². The summed E-state index contributed by atoms with van der Waals surface area (Å²) < 4.78 is 5.21. The number of unbranched alkanes of at least 4 members (excludes halogenated alkanes) is 1. The van der Waals surface area contributed by atoms with Gasteiger partial charge in [0.1, 0.15) is 12.3 Å². The molecule has 150 valence electrons. The summed E-state index contributed by atoms with van der Waals surface area (Å²) in [5.41, 5.74) is 0.807. The number of ether oxygens (including phenoxy) is 1. The van der Waals surface area contributed by atoms with Gasteiger partial charge in [-0.3, -0.25) is 14.4 Å². The van der Waals surface area contributed by atoms with Crippen LogP contribution in [-0.2, 0) is 19.1 Å². The van der Waals surface area contributed by atoms with Gasteiger partial charge in [0.2, 0.25) is 5.91 Å². The van der Waals surface area contributed by atoms with Crippen LogP contribution in [0.5, 0.6) is 0 Å². The standard InChI is InChI=1S/C20H27NO4.CH4O/c1-4-7-13-25-18(23)14-21-17(6-3)16(8-5-2)20(19(21)24)11-9-15(22)10-12-20;1-2/h5-6,8H,3-4,7,9-14H2,1-2H3;2H,1H3/b8-5-;. The Morgan fingerprint density at radius 2 is 1.93 bits per heavy atom. The summed E-state index contributed by atoms with van der Waals surface area (Å²) in [6.45, 7) is 8.00. The molecule has 0 atom stereocenters. The second kappa shape index (κ2) is 10.8. The van der Waals surface area contributed by atoms with Crippen molar-refractivity contribution in [1.82, 2.24) is 4.90 Å². The Morgan fingerprint density at radius 1 is 1.30 bits per heavy atom. The van der Waals surface area contributed by atoms with Crippen molar-refractivity contribution < 1.29 is 24.2 Å². The first kappa shape index (κ1) is 22.8. The Morgan fingerprint density at radius 3 is 2.44 bits per heavy atom. The van der Waals surface area contributed by atoms with Crippen LogP contribution in [0.25, 0.3) is 0 Å². The lowest BCUT2D eigenvalue weighted by molar-refractivity contribution is -0.150. The van der Waals surface area contributed by atoms with Crippen molar-refractivity contribution in [3.05, 3.63) is 36.1 Å². The molecule has 1 heterocycles.